The Balaban J connectivity index is 0.921. The number of esters is 3. The van der Waals surface area contributed by atoms with Crippen molar-refractivity contribution in [2.45, 2.75) is 204 Å². The highest BCUT2D eigenvalue weighted by molar-refractivity contribution is 5.87. The SMILES string of the molecule is COC(=O)[C@H]1O[C@@H](O[C@H]2CC[C@]3(C)[C@H]4CC=C5[C@@H]6CC(C)(C)CC[C@]6(C(=O)O[C@@H]6OC[C@@H](O)[C@@H](O)[C@@H]6OC(=O)/C=C/c6ccc(O[C@@H]7O[C@H](CO)[C@@H](O)[C@H](O)[C@H]7O)c(OC)c6)[C@H](O)C[C@@]5(C)[C@]4(C)CC[C@H]3C2(C)C)[C@H](O)[C@@H](O)[C@@H]1O. The van der Waals surface area contributed by atoms with E-state index in [0.29, 0.717) is 31.2 Å². The molecule has 7 fully saturated rings. The molecule has 3 aliphatic heterocycles. The van der Waals surface area contributed by atoms with Crippen molar-refractivity contribution in [3.05, 3.63) is 41.5 Å². The molecule has 9 rings (SSSR count). The first kappa shape index (κ1) is 60.7. The maximum atomic E-state index is 15.3. The third kappa shape index (κ3) is 10.1. The van der Waals surface area contributed by atoms with Crippen molar-refractivity contribution in [3.8, 4) is 11.5 Å². The summed E-state index contributed by atoms with van der Waals surface area (Å²) in [7, 11) is 2.48. The normalized spacial score (nSPS) is 45.8. The fraction of sp³-hybridized carbons (Fsp3) is 0.776. The third-order valence-electron chi connectivity index (χ3n) is 20.9. The summed E-state index contributed by atoms with van der Waals surface area (Å²) in [6.07, 6.45) is -13.8. The summed E-state index contributed by atoms with van der Waals surface area (Å²) < 4.78 is 51.5. The standard InChI is InChI=1S/C58H84O22/c1-53(2)20-21-58(52(71)80-51-47(39(63)30(60)26-74-51)78-38(62)15-11-27-10-13-31(32(22-27)72-8)75-49-44(68)41(65)40(64)33(25-59)76-49)29(23-53)28-12-14-35-55(5)18-17-37(77-50-45(69)42(66)43(67)46(79-50)48(70)73-9)54(3,4)34(55)16-19-56(35,6)57(28,7)24-36(58)61/h10-13,15,22,29-30,33-37,39-47,49-51,59-61,63-69H,14,16-21,23-26H2,1-9H3/b15-11+/t29-,30+,33+,34-,35+,36+,37-,39+,40+,41-,42-,43-,44+,45+,46-,47-,49+,50+,51-,55-,56+,57+,58+/m0/s1. The van der Waals surface area contributed by atoms with E-state index in [-0.39, 0.29) is 52.4 Å². The van der Waals surface area contributed by atoms with Gasteiger partial charge in [-0.05, 0) is 126 Å². The van der Waals surface area contributed by atoms with Crippen molar-refractivity contribution >= 4 is 24.0 Å². The van der Waals surface area contributed by atoms with Crippen LogP contribution in [0.15, 0.2) is 35.9 Å². The summed E-state index contributed by atoms with van der Waals surface area (Å²) in [5, 5.41) is 108. The first-order valence-corrected chi connectivity index (χ1v) is 28.1. The van der Waals surface area contributed by atoms with Gasteiger partial charge < -0.3 is 93.7 Å². The number of hydrogen-bond acceptors (Lipinski definition) is 22. The Hall–Kier alpha value is -3.85. The van der Waals surface area contributed by atoms with Gasteiger partial charge in [0.1, 0.15) is 60.4 Å². The minimum Gasteiger partial charge on any atom is -0.493 e. The van der Waals surface area contributed by atoms with Crippen LogP contribution in [0.5, 0.6) is 11.5 Å². The quantitative estimate of drug-likeness (QED) is 0.0467. The highest BCUT2D eigenvalue weighted by Crippen LogP contribution is 2.76. The number of rotatable bonds is 12. The van der Waals surface area contributed by atoms with E-state index in [9.17, 15) is 60.7 Å². The average molecular weight is 1130 g/mol. The highest BCUT2D eigenvalue weighted by atomic mass is 16.7. The van der Waals surface area contributed by atoms with Crippen LogP contribution in [0.25, 0.3) is 6.08 Å². The van der Waals surface area contributed by atoms with E-state index in [1.54, 1.807) is 0 Å². The van der Waals surface area contributed by atoms with Crippen LogP contribution in [0.4, 0.5) is 0 Å². The van der Waals surface area contributed by atoms with Gasteiger partial charge in [-0.1, -0.05) is 66.2 Å². The van der Waals surface area contributed by atoms with Crippen LogP contribution < -0.4 is 9.47 Å². The van der Waals surface area contributed by atoms with E-state index < -0.39 is 152 Å². The van der Waals surface area contributed by atoms with E-state index in [2.05, 4.69) is 54.5 Å². The Morgan fingerprint density at radius 1 is 0.725 bits per heavy atom. The molecule has 448 valence electrons. The van der Waals surface area contributed by atoms with Crippen molar-refractivity contribution in [2.24, 2.45) is 50.2 Å². The number of aliphatic hydroxyl groups excluding tert-OH is 10. The van der Waals surface area contributed by atoms with Crippen molar-refractivity contribution in [1.82, 2.24) is 0 Å². The van der Waals surface area contributed by atoms with Crippen molar-refractivity contribution < 1.29 is 108 Å². The molecule has 10 N–H and O–H groups in total. The molecule has 22 heteroatoms. The molecule has 4 saturated carbocycles. The lowest BCUT2D eigenvalue weighted by Gasteiger charge is -2.71. The second-order valence-electron chi connectivity index (χ2n) is 26.0. The van der Waals surface area contributed by atoms with E-state index in [1.807, 2.05) is 0 Å². The van der Waals surface area contributed by atoms with E-state index in [0.717, 1.165) is 38.0 Å². The molecule has 0 unspecified atom stereocenters. The second kappa shape index (κ2) is 22.3. The molecule has 0 radical (unpaired) electrons. The van der Waals surface area contributed by atoms with Crippen LogP contribution in [-0.2, 0) is 47.5 Å². The molecule has 3 saturated heterocycles. The monoisotopic (exact) mass is 1130 g/mol. The zero-order chi connectivity index (χ0) is 58.4. The zero-order valence-corrected chi connectivity index (χ0v) is 47.1. The number of carbonyl (C=O) groups is 3. The Labute approximate surface area is 465 Å². The largest absolute Gasteiger partial charge is 0.493 e. The molecule has 80 heavy (non-hydrogen) atoms. The van der Waals surface area contributed by atoms with Gasteiger partial charge in [0, 0.05) is 6.08 Å². The van der Waals surface area contributed by atoms with Crippen molar-refractivity contribution in [3.63, 3.8) is 0 Å². The van der Waals surface area contributed by atoms with Gasteiger partial charge in [0.05, 0.1) is 39.6 Å². The Morgan fingerprint density at radius 3 is 2.11 bits per heavy atom. The fourth-order valence-corrected chi connectivity index (χ4v) is 16.1. The molecule has 0 spiro atoms. The van der Waals surface area contributed by atoms with E-state index in [4.69, 9.17) is 42.6 Å². The first-order chi connectivity index (χ1) is 37.5. The summed E-state index contributed by atoms with van der Waals surface area (Å²) in [6, 6.07) is 4.43. The smallest absolute Gasteiger partial charge is 0.337 e. The maximum Gasteiger partial charge on any atom is 0.337 e. The number of hydrogen-bond donors (Lipinski definition) is 10. The van der Waals surface area contributed by atoms with Gasteiger partial charge in [-0.15, -0.1) is 0 Å². The molecular weight excluding hydrogens is 1050 g/mol. The summed E-state index contributed by atoms with van der Waals surface area (Å²) in [5.41, 5.74) is -1.83. The molecule has 0 bridgehead atoms. The minimum atomic E-state index is -1.73. The Morgan fingerprint density at radius 2 is 1.43 bits per heavy atom. The molecule has 22 nitrogen and oxygen atoms in total. The zero-order valence-electron chi connectivity index (χ0n) is 47.1. The molecule has 0 aromatic heterocycles. The van der Waals surface area contributed by atoms with Crippen LogP contribution in [-0.4, -0.2) is 195 Å². The fourth-order valence-electron chi connectivity index (χ4n) is 16.1. The predicted molar refractivity (Wildman–Crippen MR) is 278 cm³/mol. The molecular formula is C58H84O22. The number of fused-ring (bicyclic) bond motifs is 7. The number of aliphatic hydroxyl groups is 10. The predicted octanol–water partition coefficient (Wildman–Crippen LogP) is 1.56. The van der Waals surface area contributed by atoms with Gasteiger partial charge in [0.25, 0.3) is 0 Å². The summed E-state index contributed by atoms with van der Waals surface area (Å²) in [5.74, 6) is -2.69. The molecule has 0 amide bonds. The number of allylic oxidation sites excluding steroid dienone is 2. The highest BCUT2D eigenvalue weighted by Gasteiger charge is 2.72. The van der Waals surface area contributed by atoms with Crippen molar-refractivity contribution in [2.75, 3.05) is 27.4 Å². The van der Waals surface area contributed by atoms with E-state index in [1.165, 1.54) is 31.4 Å². The maximum absolute atomic E-state index is 15.3. The summed E-state index contributed by atoms with van der Waals surface area (Å²) in [4.78, 5) is 41.3. The molecule has 8 aliphatic rings. The van der Waals surface area contributed by atoms with Gasteiger partial charge in [-0.2, -0.15) is 0 Å². The lowest BCUT2D eigenvalue weighted by molar-refractivity contribution is -0.324. The first-order valence-electron chi connectivity index (χ1n) is 28.1. The lowest BCUT2D eigenvalue weighted by atomic mass is 9.33. The van der Waals surface area contributed by atoms with Crippen LogP contribution >= 0.6 is 0 Å². The summed E-state index contributed by atoms with van der Waals surface area (Å²) in [6.45, 7) is 14.4. The molecule has 3 heterocycles. The topological polar surface area (TPSA) is 337 Å². The van der Waals surface area contributed by atoms with Crippen molar-refractivity contribution in [1.29, 1.82) is 0 Å². The van der Waals surface area contributed by atoms with Gasteiger partial charge in [-0.25, -0.2) is 9.59 Å². The van der Waals surface area contributed by atoms with Crippen LogP contribution in [0, 0.1) is 50.2 Å². The van der Waals surface area contributed by atoms with Crippen LogP contribution in [0.1, 0.15) is 112 Å². The number of carbonyl (C=O) groups excluding carboxylic acids is 3. The number of methoxy groups -OCH3 is 2. The Bertz CT molecular complexity index is 2520. The average Bonchev–Trinajstić information content (AvgIpc) is 3.61. The molecule has 5 aliphatic carbocycles. The minimum absolute atomic E-state index is 0.0541. The molecule has 1 aromatic rings. The van der Waals surface area contributed by atoms with Gasteiger partial charge in [-0.3, -0.25) is 4.79 Å². The number of benzene rings is 1. The third-order valence-corrected chi connectivity index (χ3v) is 20.9. The lowest BCUT2D eigenvalue weighted by Crippen LogP contribution is -2.68. The molecule has 1 aromatic carbocycles. The van der Waals surface area contributed by atoms with Gasteiger partial charge >= 0.3 is 17.9 Å². The number of ether oxygens (including phenoxy) is 9. The van der Waals surface area contributed by atoms with E-state index >= 15 is 4.79 Å². The Kier molecular flexibility index (Phi) is 16.9. The van der Waals surface area contributed by atoms with Gasteiger partial charge in [0.15, 0.2) is 30.0 Å². The van der Waals surface area contributed by atoms with Crippen LogP contribution in [0.2, 0.25) is 0 Å². The molecule has 23 atom stereocenters. The second-order valence-corrected chi connectivity index (χ2v) is 26.0. The van der Waals surface area contributed by atoms with Gasteiger partial charge in [0.2, 0.25) is 12.6 Å². The summed E-state index contributed by atoms with van der Waals surface area (Å²) >= 11 is 0. The van der Waals surface area contributed by atoms with Crippen LogP contribution in [0.3, 0.4) is 0 Å².